The van der Waals surface area contributed by atoms with Crippen molar-refractivity contribution in [2.45, 2.75) is 19.9 Å². The molecular weight excluding hydrogens is 190 g/mol. The highest BCUT2D eigenvalue weighted by Gasteiger charge is 2.06. The van der Waals surface area contributed by atoms with Crippen LogP contribution in [0.3, 0.4) is 0 Å². The average Bonchev–Trinajstić information content (AvgIpc) is 2.69. The summed E-state index contributed by atoms with van der Waals surface area (Å²) in [6.45, 7) is 3.28. The topological polar surface area (TPSA) is 52.5 Å². The lowest BCUT2D eigenvalue weighted by Crippen LogP contribution is -2.02. The summed E-state index contributed by atoms with van der Waals surface area (Å²) in [4.78, 5) is 4.30. The maximum atomic E-state index is 5.61. The maximum absolute atomic E-state index is 5.61. The van der Waals surface area contributed by atoms with E-state index in [-0.39, 0.29) is 0 Å². The first kappa shape index (κ1) is 9.98. The molecule has 2 N–H and O–H groups in total. The van der Waals surface area contributed by atoms with Gasteiger partial charge in [0.05, 0.1) is 18.5 Å². The zero-order valence-electron chi connectivity index (χ0n) is 8.81. The Hall–Kier alpha value is -1.55. The van der Waals surface area contributed by atoms with Crippen LogP contribution >= 0.6 is 0 Å². The number of nitrogens with two attached hydrogens (primary N) is 1. The van der Waals surface area contributed by atoms with E-state index in [0.717, 1.165) is 23.5 Å². The molecule has 2 rings (SSSR count). The molecule has 0 aliphatic carbocycles. The van der Waals surface area contributed by atoms with Gasteiger partial charge in [-0.2, -0.15) is 0 Å². The van der Waals surface area contributed by atoms with Gasteiger partial charge in [0.25, 0.3) is 0 Å². The Morgan fingerprint density at radius 1 is 1.53 bits per heavy atom. The van der Waals surface area contributed by atoms with Crippen molar-refractivity contribution < 1.29 is 4.74 Å². The number of fused-ring (bicyclic) bond motifs is 1. The van der Waals surface area contributed by atoms with Crippen LogP contribution in [0.25, 0.3) is 5.65 Å². The quantitative estimate of drug-likeness (QED) is 0.824. The number of aromatic nitrogens is 2. The Bertz CT molecular complexity index is 450. The largest absolute Gasteiger partial charge is 0.490 e. The summed E-state index contributed by atoms with van der Waals surface area (Å²) in [6.07, 6.45) is 4.73. The SMILES string of the molecule is CCCOc1cccn2c(CN)cnc12. The molecule has 4 nitrogen and oxygen atoms in total. The lowest BCUT2D eigenvalue weighted by molar-refractivity contribution is 0.319. The molecule has 0 saturated carbocycles. The fourth-order valence-corrected chi connectivity index (χ4v) is 1.51. The van der Waals surface area contributed by atoms with Gasteiger partial charge in [0.1, 0.15) is 0 Å². The van der Waals surface area contributed by atoms with Crippen molar-refractivity contribution in [3.05, 3.63) is 30.2 Å². The van der Waals surface area contributed by atoms with E-state index < -0.39 is 0 Å². The number of hydrogen-bond acceptors (Lipinski definition) is 3. The van der Waals surface area contributed by atoms with Crippen LogP contribution in [0.4, 0.5) is 0 Å². The molecule has 2 aromatic rings. The Balaban J connectivity index is 2.42. The standard InChI is InChI=1S/C11H15N3O/c1-2-6-15-10-4-3-5-14-9(7-12)8-13-11(10)14/h3-5,8H,2,6-7,12H2,1H3. The van der Waals surface area contributed by atoms with Crippen molar-refractivity contribution in [3.63, 3.8) is 0 Å². The van der Waals surface area contributed by atoms with E-state index in [1.807, 2.05) is 22.7 Å². The summed E-state index contributed by atoms with van der Waals surface area (Å²) >= 11 is 0. The first-order valence-electron chi connectivity index (χ1n) is 5.14. The van der Waals surface area contributed by atoms with Gasteiger partial charge < -0.3 is 10.5 Å². The first-order valence-corrected chi connectivity index (χ1v) is 5.14. The van der Waals surface area contributed by atoms with Crippen molar-refractivity contribution in [3.8, 4) is 5.75 Å². The fraction of sp³-hybridized carbons (Fsp3) is 0.364. The molecule has 0 amide bonds. The Morgan fingerprint density at radius 3 is 3.13 bits per heavy atom. The van der Waals surface area contributed by atoms with Crippen LogP contribution in [0.2, 0.25) is 0 Å². The summed E-state index contributed by atoms with van der Waals surface area (Å²) in [5.74, 6) is 0.819. The fourth-order valence-electron chi connectivity index (χ4n) is 1.51. The summed E-state index contributed by atoms with van der Waals surface area (Å²) in [5.41, 5.74) is 7.44. The third kappa shape index (κ3) is 1.80. The number of imidazole rings is 1. The second-order valence-corrected chi connectivity index (χ2v) is 3.37. The second kappa shape index (κ2) is 4.31. The van der Waals surface area contributed by atoms with Crippen LogP contribution in [0.15, 0.2) is 24.5 Å². The number of pyridine rings is 1. The molecule has 0 unspecified atom stereocenters. The number of hydrogen-bond donors (Lipinski definition) is 1. The highest BCUT2D eigenvalue weighted by Crippen LogP contribution is 2.19. The van der Waals surface area contributed by atoms with E-state index >= 15 is 0 Å². The van der Waals surface area contributed by atoms with E-state index in [0.29, 0.717) is 13.2 Å². The van der Waals surface area contributed by atoms with Gasteiger partial charge in [-0.1, -0.05) is 6.92 Å². The monoisotopic (exact) mass is 205 g/mol. The molecule has 0 saturated heterocycles. The minimum Gasteiger partial charge on any atom is -0.490 e. The highest BCUT2D eigenvalue weighted by molar-refractivity contribution is 5.54. The van der Waals surface area contributed by atoms with Crippen molar-refractivity contribution in [2.24, 2.45) is 5.73 Å². The van der Waals surface area contributed by atoms with Crippen LogP contribution in [-0.2, 0) is 6.54 Å². The molecule has 80 valence electrons. The van der Waals surface area contributed by atoms with Gasteiger partial charge in [-0.05, 0) is 18.6 Å². The van der Waals surface area contributed by atoms with E-state index in [4.69, 9.17) is 10.5 Å². The Kier molecular flexibility index (Phi) is 2.87. The number of ether oxygens (including phenoxy) is 1. The van der Waals surface area contributed by atoms with E-state index in [1.54, 1.807) is 6.20 Å². The van der Waals surface area contributed by atoms with Crippen molar-refractivity contribution in [1.29, 1.82) is 0 Å². The molecule has 0 aromatic carbocycles. The second-order valence-electron chi connectivity index (χ2n) is 3.37. The van der Waals surface area contributed by atoms with Gasteiger partial charge in [0.15, 0.2) is 11.4 Å². The summed E-state index contributed by atoms with van der Waals surface area (Å²) in [6, 6.07) is 3.87. The first-order chi connectivity index (χ1) is 7.36. The normalized spacial score (nSPS) is 10.8. The third-order valence-corrected chi connectivity index (χ3v) is 2.25. The minimum absolute atomic E-state index is 0.485. The zero-order chi connectivity index (χ0) is 10.7. The summed E-state index contributed by atoms with van der Waals surface area (Å²) in [5, 5.41) is 0. The molecule has 0 aliphatic heterocycles. The van der Waals surface area contributed by atoms with Crippen molar-refractivity contribution in [2.75, 3.05) is 6.61 Å². The number of rotatable bonds is 4. The molecule has 0 bridgehead atoms. The highest BCUT2D eigenvalue weighted by atomic mass is 16.5. The van der Waals surface area contributed by atoms with Crippen molar-refractivity contribution in [1.82, 2.24) is 9.38 Å². The minimum atomic E-state index is 0.485. The molecule has 0 aliphatic rings. The van der Waals surface area contributed by atoms with Crippen LogP contribution < -0.4 is 10.5 Å². The summed E-state index contributed by atoms with van der Waals surface area (Å²) < 4.78 is 7.57. The average molecular weight is 205 g/mol. The molecule has 0 fully saturated rings. The van der Waals surface area contributed by atoms with E-state index in [1.165, 1.54) is 0 Å². The van der Waals surface area contributed by atoms with Gasteiger partial charge in [-0.15, -0.1) is 0 Å². The lowest BCUT2D eigenvalue weighted by Gasteiger charge is -2.06. The van der Waals surface area contributed by atoms with Gasteiger partial charge in [0, 0.05) is 12.7 Å². The maximum Gasteiger partial charge on any atom is 0.179 e. The molecule has 15 heavy (non-hydrogen) atoms. The van der Waals surface area contributed by atoms with Crippen LogP contribution in [0.1, 0.15) is 19.0 Å². The molecule has 0 atom stereocenters. The van der Waals surface area contributed by atoms with Gasteiger partial charge in [-0.3, -0.25) is 4.40 Å². The molecule has 0 radical (unpaired) electrons. The number of nitrogens with zero attached hydrogens (tertiary/aromatic N) is 2. The van der Waals surface area contributed by atoms with E-state index in [2.05, 4.69) is 11.9 Å². The molecular formula is C11H15N3O. The smallest absolute Gasteiger partial charge is 0.179 e. The lowest BCUT2D eigenvalue weighted by atomic mass is 10.4. The van der Waals surface area contributed by atoms with Crippen LogP contribution in [-0.4, -0.2) is 16.0 Å². The van der Waals surface area contributed by atoms with Gasteiger partial charge in [-0.25, -0.2) is 4.98 Å². The van der Waals surface area contributed by atoms with Gasteiger partial charge >= 0.3 is 0 Å². The summed E-state index contributed by atoms with van der Waals surface area (Å²) in [7, 11) is 0. The Morgan fingerprint density at radius 2 is 2.40 bits per heavy atom. The molecule has 0 spiro atoms. The Labute approximate surface area is 88.7 Å². The predicted octanol–water partition coefficient (Wildman–Crippen LogP) is 1.58. The van der Waals surface area contributed by atoms with E-state index in [9.17, 15) is 0 Å². The predicted molar refractivity (Wildman–Crippen MR) is 58.9 cm³/mol. The molecule has 2 heterocycles. The van der Waals surface area contributed by atoms with Crippen LogP contribution in [0.5, 0.6) is 5.75 Å². The zero-order valence-corrected chi connectivity index (χ0v) is 8.81. The van der Waals surface area contributed by atoms with Crippen LogP contribution in [0, 0.1) is 0 Å². The molecule has 2 aromatic heterocycles. The van der Waals surface area contributed by atoms with Crippen molar-refractivity contribution >= 4 is 5.65 Å². The van der Waals surface area contributed by atoms with Gasteiger partial charge in [0.2, 0.25) is 0 Å². The molecule has 4 heteroatoms. The third-order valence-electron chi connectivity index (χ3n) is 2.25.